The third-order valence-corrected chi connectivity index (χ3v) is 4.15. The highest BCUT2D eigenvalue weighted by Crippen LogP contribution is 2.25. The highest BCUT2D eigenvalue weighted by Gasteiger charge is 2.25. The average molecular weight is 387 g/mol. The summed E-state index contributed by atoms with van der Waals surface area (Å²) >= 11 is 3.38. The van der Waals surface area contributed by atoms with Crippen molar-refractivity contribution in [3.05, 3.63) is 79.4 Å². The highest BCUT2D eigenvalue weighted by atomic mass is 79.9. The molecule has 0 aliphatic carbocycles. The fraction of sp³-hybridized carbons (Fsp3) is 0.0588. The van der Waals surface area contributed by atoms with Gasteiger partial charge in [0.2, 0.25) is 5.90 Å². The van der Waals surface area contributed by atoms with E-state index in [1.165, 1.54) is 12.1 Å². The molecule has 3 rings (SSSR count). The summed E-state index contributed by atoms with van der Waals surface area (Å²) in [7, 11) is 0. The molecule has 0 saturated heterocycles. The van der Waals surface area contributed by atoms with Gasteiger partial charge in [0, 0.05) is 16.1 Å². The number of benzene rings is 2. The lowest BCUT2D eigenvalue weighted by molar-refractivity contribution is -0.385. The number of carbonyl (C=O) groups excluding carboxylic acids is 1. The van der Waals surface area contributed by atoms with Crippen molar-refractivity contribution in [2.75, 3.05) is 0 Å². The van der Waals surface area contributed by atoms with E-state index in [9.17, 15) is 14.9 Å². The van der Waals surface area contributed by atoms with Gasteiger partial charge in [-0.05, 0) is 46.6 Å². The van der Waals surface area contributed by atoms with Crippen LogP contribution < -0.4 is 0 Å². The van der Waals surface area contributed by atoms with E-state index in [2.05, 4.69) is 20.9 Å². The lowest BCUT2D eigenvalue weighted by atomic mass is 10.1. The van der Waals surface area contributed by atoms with Crippen LogP contribution in [0.5, 0.6) is 0 Å². The third-order valence-electron chi connectivity index (χ3n) is 3.46. The molecule has 0 atom stereocenters. The van der Waals surface area contributed by atoms with Gasteiger partial charge in [0.05, 0.1) is 10.5 Å². The fourth-order valence-corrected chi connectivity index (χ4v) is 2.68. The average Bonchev–Trinajstić information content (AvgIpc) is 2.90. The Morgan fingerprint density at radius 1 is 1.25 bits per heavy atom. The van der Waals surface area contributed by atoms with Crippen LogP contribution in [0.1, 0.15) is 16.7 Å². The summed E-state index contributed by atoms with van der Waals surface area (Å²) in [5, 5.41) is 11.0. The Kier molecular flexibility index (Phi) is 4.26. The molecule has 6 nitrogen and oxygen atoms in total. The van der Waals surface area contributed by atoms with Gasteiger partial charge < -0.3 is 4.74 Å². The molecule has 2 aromatic carbocycles. The summed E-state index contributed by atoms with van der Waals surface area (Å²) < 4.78 is 5.95. The zero-order valence-electron chi connectivity index (χ0n) is 12.5. The van der Waals surface area contributed by atoms with Crippen molar-refractivity contribution in [3.8, 4) is 0 Å². The van der Waals surface area contributed by atoms with Crippen molar-refractivity contribution >= 4 is 39.6 Å². The van der Waals surface area contributed by atoms with Crippen molar-refractivity contribution in [3.63, 3.8) is 0 Å². The molecule has 1 aliphatic heterocycles. The number of ether oxygens (including phenoxy) is 1. The van der Waals surface area contributed by atoms with Gasteiger partial charge >= 0.3 is 5.97 Å². The Labute approximate surface area is 145 Å². The summed E-state index contributed by atoms with van der Waals surface area (Å²) in [5.74, 6) is -0.399. The maximum Gasteiger partial charge on any atom is 0.363 e. The van der Waals surface area contributed by atoms with Gasteiger partial charge in [0.1, 0.15) is 0 Å². The van der Waals surface area contributed by atoms with Crippen LogP contribution in [-0.4, -0.2) is 16.8 Å². The fourth-order valence-electron chi connectivity index (χ4n) is 2.23. The standard InChI is InChI=1S/C17H11BrN2O4/c1-10-6-7-11(9-15(10)20(22)23)8-14-17(21)24-16(19-14)12-4-2-3-5-13(12)18/h2-9H,1H3/b14-8-. The van der Waals surface area contributed by atoms with Gasteiger partial charge in [-0.1, -0.05) is 24.3 Å². The van der Waals surface area contributed by atoms with Crippen molar-refractivity contribution in [1.29, 1.82) is 0 Å². The number of aliphatic imine (C=N–C) groups is 1. The number of halogens is 1. The van der Waals surface area contributed by atoms with Crippen LogP contribution in [0.15, 0.2) is 57.6 Å². The quantitative estimate of drug-likeness (QED) is 0.345. The van der Waals surface area contributed by atoms with Gasteiger partial charge in [-0.15, -0.1) is 0 Å². The number of cyclic esters (lactones) is 1. The molecule has 0 fully saturated rings. The van der Waals surface area contributed by atoms with Crippen LogP contribution in [0.25, 0.3) is 6.08 Å². The molecule has 7 heteroatoms. The van der Waals surface area contributed by atoms with E-state index in [1.54, 1.807) is 25.1 Å². The van der Waals surface area contributed by atoms with Crippen molar-refractivity contribution in [1.82, 2.24) is 0 Å². The molecule has 0 aromatic heterocycles. The molecule has 120 valence electrons. The largest absolute Gasteiger partial charge is 0.402 e. The Balaban J connectivity index is 1.99. The van der Waals surface area contributed by atoms with Crippen molar-refractivity contribution in [2.24, 2.45) is 4.99 Å². The second-order valence-electron chi connectivity index (χ2n) is 5.12. The second-order valence-corrected chi connectivity index (χ2v) is 5.97. The Morgan fingerprint density at radius 2 is 2.00 bits per heavy atom. The molecule has 0 radical (unpaired) electrons. The molecule has 0 saturated carbocycles. The predicted octanol–water partition coefficient (Wildman–Crippen LogP) is 4.01. The Bertz CT molecular complexity index is 919. The van der Waals surface area contributed by atoms with Crippen LogP contribution >= 0.6 is 15.9 Å². The van der Waals surface area contributed by atoms with Crippen molar-refractivity contribution in [2.45, 2.75) is 6.92 Å². The molecule has 24 heavy (non-hydrogen) atoms. The molecule has 0 bridgehead atoms. The van der Waals surface area contributed by atoms with E-state index in [4.69, 9.17) is 4.74 Å². The van der Waals surface area contributed by atoms with Gasteiger partial charge in [-0.25, -0.2) is 9.79 Å². The first-order chi connectivity index (χ1) is 11.5. The highest BCUT2D eigenvalue weighted by molar-refractivity contribution is 9.10. The lowest BCUT2D eigenvalue weighted by Crippen LogP contribution is -2.05. The normalized spacial score (nSPS) is 15.3. The summed E-state index contributed by atoms with van der Waals surface area (Å²) in [6.45, 7) is 1.65. The lowest BCUT2D eigenvalue weighted by Gasteiger charge is -2.01. The van der Waals surface area contributed by atoms with Gasteiger partial charge in [0.15, 0.2) is 5.70 Å². The number of hydrogen-bond acceptors (Lipinski definition) is 5. The maximum atomic E-state index is 12.0. The smallest absolute Gasteiger partial charge is 0.363 e. The number of carbonyl (C=O) groups is 1. The minimum atomic E-state index is -0.594. The predicted molar refractivity (Wildman–Crippen MR) is 92.6 cm³/mol. The minimum Gasteiger partial charge on any atom is -0.402 e. The van der Waals surface area contributed by atoms with E-state index in [0.717, 1.165) is 4.47 Å². The summed E-state index contributed by atoms with van der Waals surface area (Å²) in [5.41, 5.74) is 1.80. The van der Waals surface area contributed by atoms with E-state index in [1.807, 2.05) is 18.2 Å². The van der Waals surface area contributed by atoms with E-state index in [-0.39, 0.29) is 17.3 Å². The molecule has 0 amide bonds. The first-order valence-corrected chi connectivity index (χ1v) is 7.77. The topological polar surface area (TPSA) is 81.8 Å². The molecule has 0 unspecified atom stereocenters. The third kappa shape index (κ3) is 3.11. The number of aryl methyl sites for hydroxylation is 1. The zero-order valence-corrected chi connectivity index (χ0v) is 14.1. The SMILES string of the molecule is Cc1ccc(/C=C2\N=C(c3ccccc3Br)OC2=O)cc1[N+](=O)[O-]. The summed E-state index contributed by atoms with van der Waals surface area (Å²) in [4.78, 5) is 26.8. The number of nitro groups is 1. The number of hydrogen-bond donors (Lipinski definition) is 0. The molecule has 2 aromatic rings. The zero-order chi connectivity index (χ0) is 17.3. The number of rotatable bonds is 3. The summed E-state index contributed by atoms with van der Waals surface area (Å²) in [6, 6.07) is 12.0. The molecule has 1 aliphatic rings. The summed E-state index contributed by atoms with van der Waals surface area (Å²) in [6.07, 6.45) is 1.47. The van der Waals surface area contributed by atoms with Gasteiger partial charge in [0.25, 0.3) is 5.69 Å². The number of nitrogens with zero attached hydrogens (tertiary/aromatic N) is 2. The molecular formula is C17H11BrN2O4. The number of nitro benzene ring substituents is 1. The van der Waals surface area contributed by atoms with E-state index >= 15 is 0 Å². The minimum absolute atomic E-state index is 0.00859. The van der Waals surface area contributed by atoms with E-state index < -0.39 is 10.9 Å². The van der Waals surface area contributed by atoms with Crippen LogP contribution in [0, 0.1) is 17.0 Å². The Hall–Kier alpha value is -2.80. The van der Waals surface area contributed by atoms with Crippen LogP contribution in [0.2, 0.25) is 0 Å². The molecule has 0 N–H and O–H groups in total. The Morgan fingerprint density at radius 3 is 2.71 bits per heavy atom. The first-order valence-electron chi connectivity index (χ1n) is 6.98. The van der Waals surface area contributed by atoms with Crippen molar-refractivity contribution < 1.29 is 14.5 Å². The first kappa shape index (κ1) is 16.1. The molecular weight excluding hydrogens is 376 g/mol. The molecule has 1 heterocycles. The van der Waals surface area contributed by atoms with Gasteiger partial charge in [-0.3, -0.25) is 10.1 Å². The monoisotopic (exact) mass is 386 g/mol. The maximum absolute atomic E-state index is 12.0. The molecule has 0 spiro atoms. The van der Waals surface area contributed by atoms with E-state index in [0.29, 0.717) is 16.7 Å². The van der Waals surface area contributed by atoms with Crippen LogP contribution in [-0.2, 0) is 9.53 Å². The second kappa shape index (κ2) is 6.37. The van der Waals surface area contributed by atoms with Crippen LogP contribution in [0.3, 0.4) is 0 Å². The number of esters is 1. The van der Waals surface area contributed by atoms with Gasteiger partial charge in [-0.2, -0.15) is 0 Å². The van der Waals surface area contributed by atoms with Crippen LogP contribution in [0.4, 0.5) is 5.69 Å².